The molecule has 1 aliphatic rings. The molecule has 0 radical (unpaired) electrons. The number of aliphatic carboxylic acids is 1. The summed E-state index contributed by atoms with van der Waals surface area (Å²) in [5.74, 6) is -1.11. The summed E-state index contributed by atoms with van der Waals surface area (Å²) in [4.78, 5) is 24.2. The Labute approximate surface area is 108 Å². The van der Waals surface area contributed by atoms with Gasteiger partial charge in [0.15, 0.2) is 6.04 Å². The Hall–Kier alpha value is -1.40. The first-order valence-corrected chi connectivity index (χ1v) is 6.27. The number of nitrogens with zero attached hydrogens (tertiary/aromatic N) is 1. The SMILES string of the molecule is O=C(O)C(c1ccccc1)N1C(=O)CSC1=S. The molecular weight excluding hydrogens is 258 g/mol. The highest BCUT2D eigenvalue weighted by atomic mass is 32.2. The lowest BCUT2D eigenvalue weighted by atomic mass is 10.1. The monoisotopic (exact) mass is 267 g/mol. The van der Waals surface area contributed by atoms with Gasteiger partial charge in [-0.05, 0) is 5.56 Å². The van der Waals surface area contributed by atoms with E-state index in [0.717, 1.165) is 0 Å². The first-order valence-electron chi connectivity index (χ1n) is 4.88. The van der Waals surface area contributed by atoms with Gasteiger partial charge in [0.1, 0.15) is 4.32 Å². The van der Waals surface area contributed by atoms with E-state index in [0.29, 0.717) is 9.88 Å². The van der Waals surface area contributed by atoms with Crippen LogP contribution in [0, 0.1) is 0 Å². The molecule has 1 amide bonds. The summed E-state index contributed by atoms with van der Waals surface area (Å²) in [6.07, 6.45) is 0. The second kappa shape index (κ2) is 4.85. The van der Waals surface area contributed by atoms with Crippen LogP contribution in [0.1, 0.15) is 11.6 Å². The molecule has 0 bridgehead atoms. The molecular formula is C11H9NO3S2. The number of thioether (sulfide) groups is 1. The Morgan fingerprint density at radius 3 is 2.53 bits per heavy atom. The van der Waals surface area contributed by atoms with Gasteiger partial charge in [-0.2, -0.15) is 0 Å². The van der Waals surface area contributed by atoms with Crippen LogP contribution in [0.25, 0.3) is 0 Å². The molecule has 4 nitrogen and oxygen atoms in total. The number of amides is 1. The van der Waals surface area contributed by atoms with Crippen molar-refractivity contribution in [2.45, 2.75) is 6.04 Å². The average molecular weight is 267 g/mol. The van der Waals surface area contributed by atoms with Crippen molar-refractivity contribution in [2.75, 3.05) is 5.75 Å². The third-order valence-corrected chi connectivity index (χ3v) is 3.78. The Kier molecular flexibility index (Phi) is 3.44. The molecule has 6 heteroatoms. The zero-order chi connectivity index (χ0) is 12.4. The number of thiocarbonyl (C=S) groups is 1. The van der Waals surface area contributed by atoms with Gasteiger partial charge >= 0.3 is 5.97 Å². The van der Waals surface area contributed by atoms with Crippen LogP contribution in [0.2, 0.25) is 0 Å². The smallest absolute Gasteiger partial charge is 0.331 e. The van der Waals surface area contributed by atoms with E-state index in [1.54, 1.807) is 30.3 Å². The topological polar surface area (TPSA) is 57.6 Å². The van der Waals surface area contributed by atoms with Crippen LogP contribution in [0.5, 0.6) is 0 Å². The number of carboxylic acid groups (broad SMARTS) is 1. The molecule has 2 rings (SSSR count). The van der Waals surface area contributed by atoms with Crippen LogP contribution < -0.4 is 0 Å². The zero-order valence-corrected chi connectivity index (χ0v) is 10.3. The minimum absolute atomic E-state index is 0.218. The van der Waals surface area contributed by atoms with Crippen LogP contribution in [0.4, 0.5) is 0 Å². The van der Waals surface area contributed by atoms with Crippen molar-refractivity contribution in [3.05, 3.63) is 35.9 Å². The summed E-state index contributed by atoms with van der Waals surface area (Å²) in [5.41, 5.74) is 0.554. The molecule has 1 heterocycles. The van der Waals surface area contributed by atoms with Crippen molar-refractivity contribution in [2.24, 2.45) is 0 Å². The number of hydrogen-bond acceptors (Lipinski definition) is 4. The third-order valence-electron chi connectivity index (χ3n) is 2.39. The fourth-order valence-electron chi connectivity index (χ4n) is 1.65. The van der Waals surface area contributed by atoms with Crippen molar-refractivity contribution in [1.29, 1.82) is 0 Å². The van der Waals surface area contributed by atoms with E-state index < -0.39 is 12.0 Å². The van der Waals surface area contributed by atoms with Crippen LogP contribution in [-0.2, 0) is 9.59 Å². The van der Waals surface area contributed by atoms with Gasteiger partial charge in [-0.15, -0.1) is 0 Å². The van der Waals surface area contributed by atoms with E-state index in [2.05, 4.69) is 0 Å². The molecule has 0 spiro atoms. The third kappa shape index (κ3) is 2.32. The lowest BCUT2D eigenvalue weighted by Crippen LogP contribution is -2.37. The summed E-state index contributed by atoms with van der Waals surface area (Å²) in [6.45, 7) is 0. The number of rotatable bonds is 3. The van der Waals surface area contributed by atoms with Gasteiger partial charge in [0.2, 0.25) is 5.91 Å². The summed E-state index contributed by atoms with van der Waals surface area (Å²) in [5, 5.41) is 9.26. The van der Waals surface area contributed by atoms with Gasteiger partial charge in [0.05, 0.1) is 5.75 Å². The molecule has 0 saturated carbocycles. The second-order valence-corrected chi connectivity index (χ2v) is 5.08. The number of carbonyl (C=O) groups excluding carboxylic acids is 1. The first kappa shape index (κ1) is 12.1. The van der Waals surface area contributed by atoms with Crippen molar-refractivity contribution >= 4 is 40.2 Å². The lowest BCUT2D eigenvalue weighted by Gasteiger charge is -2.23. The van der Waals surface area contributed by atoms with Gasteiger partial charge in [0.25, 0.3) is 0 Å². The van der Waals surface area contributed by atoms with Gasteiger partial charge < -0.3 is 5.11 Å². The summed E-state index contributed by atoms with van der Waals surface area (Å²) in [7, 11) is 0. The summed E-state index contributed by atoms with van der Waals surface area (Å²) < 4.78 is 0.325. The Bertz CT molecular complexity index is 459. The van der Waals surface area contributed by atoms with Gasteiger partial charge in [-0.25, -0.2) is 4.79 Å². The highest BCUT2D eigenvalue weighted by Gasteiger charge is 2.38. The Morgan fingerprint density at radius 1 is 1.41 bits per heavy atom. The molecule has 1 aromatic carbocycles. The number of carbonyl (C=O) groups is 2. The highest BCUT2D eigenvalue weighted by molar-refractivity contribution is 8.23. The number of carboxylic acids is 1. The van der Waals surface area contributed by atoms with Crippen LogP contribution in [0.3, 0.4) is 0 Å². The second-order valence-electron chi connectivity index (χ2n) is 3.47. The fourth-order valence-corrected chi connectivity index (χ4v) is 2.77. The maximum absolute atomic E-state index is 11.7. The quantitative estimate of drug-likeness (QED) is 0.844. The predicted octanol–water partition coefficient (Wildman–Crippen LogP) is 1.67. The molecule has 1 N–H and O–H groups in total. The van der Waals surface area contributed by atoms with Gasteiger partial charge in [0, 0.05) is 0 Å². The van der Waals surface area contributed by atoms with E-state index >= 15 is 0 Å². The molecule has 1 aliphatic heterocycles. The van der Waals surface area contributed by atoms with Crippen molar-refractivity contribution < 1.29 is 14.7 Å². The maximum atomic E-state index is 11.7. The van der Waals surface area contributed by atoms with E-state index in [4.69, 9.17) is 12.2 Å². The molecule has 1 fully saturated rings. The largest absolute Gasteiger partial charge is 0.479 e. The molecule has 17 heavy (non-hydrogen) atoms. The van der Waals surface area contributed by atoms with E-state index in [9.17, 15) is 14.7 Å². The van der Waals surface area contributed by atoms with Crippen molar-refractivity contribution in [1.82, 2.24) is 4.90 Å². The first-order chi connectivity index (χ1) is 8.11. The molecule has 1 unspecified atom stereocenters. The number of hydrogen-bond donors (Lipinski definition) is 1. The minimum atomic E-state index is -1.07. The van der Waals surface area contributed by atoms with Gasteiger partial charge in [-0.1, -0.05) is 54.3 Å². The summed E-state index contributed by atoms with van der Waals surface area (Å²) >= 11 is 6.22. The van der Waals surface area contributed by atoms with E-state index in [-0.39, 0.29) is 11.7 Å². The lowest BCUT2D eigenvalue weighted by molar-refractivity contribution is -0.146. The molecule has 1 atom stereocenters. The molecule has 88 valence electrons. The maximum Gasteiger partial charge on any atom is 0.331 e. The average Bonchev–Trinajstić information content (AvgIpc) is 2.62. The highest BCUT2D eigenvalue weighted by Crippen LogP contribution is 2.30. The molecule has 0 aromatic heterocycles. The van der Waals surface area contributed by atoms with Crippen LogP contribution >= 0.6 is 24.0 Å². The van der Waals surface area contributed by atoms with Crippen LogP contribution in [0.15, 0.2) is 30.3 Å². The Balaban J connectivity index is 2.40. The van der Waals surface area contributed by atoms with Gasteiger partial charge in [-0.3, -0.25) is 9.69 Å². The van der Waals surface area contributed by atoms with E-state index in [1.165, 1.54) is 16.7 Å². The zero-order valence-electron chi connectivity index (χ0n) is 8.70. The minimum Gasteiger partial charge on any atom is -0.479 e. The van der Waals surface area contributed by atoms with Crippen molar-refractivity contribution in [3.63, 3.8) is 0 Å². The molecule has 1 aromatic rings. The standard InChI is InChI=1S/C11H9NO3S2/c13-8-6-17-11(16)12(8)9(10(14)15)7-4-2-1-3-5-7/h1-5,9H,6H2,(H,14,15). The Morgan fingerprint density at radius 2 is 2.06 bits per heavy atom. The predicted molar refractivity (Wildman–Crippen MR) is 68.7 cm³/mol. The fraction of sp³-hybridized carbons (Fsp3) is 0.182. The number of benzene rings is 1. The molecule has 0 aliphatic carbocycles. The van der Waals surface area contributed by atoms with Crippen molar-refractivity contribution in [3.8, 4) is 0 Å². The molecule has 1 saturated heterocycles. The summed E-state index contributed by atoms with van der Waals surface area (Å²) in [6, 6.07) is 7.60. The normalized spacial score (nSPS) is 17.3. The van der Waals surface area contributed by atoms with Crippen LogP contribution in [-0.4, -0.2) is 32.0 Å². The van der Waals surface area contributed by atoms with E-state index in [1.807, 2.05) is 0 Å².